The first-order valence-electron chi connectivity index (χ1n) is 37.0. The minimum Gasteiger partial charge on any atom is -0.394 e. The molecule has 0 radical (unpaired) electrons. The number of carbonyl (C=O) groups is 1. The van der Waals surface area contributed by atoms with Crippen molar-refractivity contribution in [2.24, 2.45) is 52.3 Å². The Morgan fingerprint density at radius 3 is 1.60 bits per heavy atom. The van der Waals surface area contributed by atoms with E-state index in [-0.39, 0.29) is 65.8 Å². The second kappa shape index (κ2) is 33.0. The van der Waals surface area contributed by atoms with Gasteiger partial charge in [-0.15, -0.1) is 0 Å². The van der Waals surface area contributed by atoms with Gasteiger partial charge in [0.2, 0.25) is 0 Å². The number of aliphatic hydroxyl groups is 21. The zero-order valence-electron chi connectivity index (χ0n) is 59.4. The third-order valence-corrected chi connectivity index (χ3v) is 25.8. The second-order valence-corrected chi connectivity index (χ2v) is 32.1. The summed E-state index contributed by atoms with van der Waals surface area (Å²) in [5.74, 6) is -1.91. The fraction of sp³-hybridized carbons (Fsp3) is 0.985. The fourth-order valence-electron chi connectivity index (χ4n) is 19.4. The topological polar surface area (TPSA) is 580 Å². The van der Waals surface area contributed by atoms with Crippen LogP contribution in [0.15, 0.2) is 0 Å². The van der Waals surface area contributed by atoms with Crippen molar-refractivity contribution in [3.63, 3.8) is 0 Å². The molecule has 4 saturated carbocycles. The molecule has 105 heavy (non-hydrogen) atoms. The summed E-state index contributed by atoms with van der Waals surface area (Å²) >= 11 is 0. The molecule has 0 aromatic carbocycles. The van der Waals surface area contributed by atoms with Crippen molar-refractivity contribution >= 4 is 5.78 Å². The van der Waals surface area contributed by atoms with Gasteiger partial charge in [0.15, 0.2) is 49.8 Å². The predicted octanol–water partition coefficient (Wildman–Crippen LogP) is -8.61. The van der Waals surface area contributed by atoms with Crippen LogP contribution >= 0.6 is 0 Å². The van der Waals surface area contributed by atoms with Crippen LogP contribution < -0.4 is 0 Å². The number of Topliss-reactive ketones (excluding diaryl/α,β-unsaturated/α-hetero) is 1. The second-order valence-electron chi connectivity index (χ2n) is 32.1. The first-order chi connectivity index (χ1) is 49.6. The summed E-state index contributed by atoms with van der Waals surface area (Å²) in [5.41, 5.74) is -1.05. The van der Waals surface area contributed by atoms with E-state index < -0.39 is 265 Å². The van der Waals surface area contributed by atoms with Gasteiger partial charge in [-0.25, -0.2) is 0 Å². The van der Waals surface area contributed by atoms with Crippen LogP contribution in [-0.2, 0) is 75.8 Å². The zero-order valence-corrected chi connectivity index (χ0v) is 59.4. The fourth-order valence-corrected chi connectivity index (χ4v) is 19.4. The third-order valence-electron chi connectivity index (χ3n) is 25.8. The van der Waals surface area contributed by atoms with E-state index in [0.717, 1.165) is 12.8 Å². The minimum absolute atomic E-state index is 0.0000505. The van der Waals surface area contributed by atoms with E-state index in [1.165, 1.54) is 13.8 Å². The van der Waals surface area contributed by atoms with Crippen molar-refractivity contribution in [3.05, 3.63) is 0 Å². The van der Waals surface area contributed by atoms with Gasteiger partial charge in [-0.3, -0.25) is 4.79 Å². The Morgan fingerprint density at radius 2 is 0.971 bits per heavy atom. The van der Waals surface area contributed by atoms with E-state index in [9.17, 15) is 112 Å². The molecule has 21 N–H and O–H groups in total. The Morgan fingerprint density at radius 1 is 0.476 bits per heavy atom. The van der Waals surface area contributed by atoms with Crippen LogP contribution in [0.4, 0.5) is 0 Å². The van der Waals surface area contributed by atoms with Crippen LogP contribution in [0.3, 0.4) is 0 Å². The largest absolute Gasteiger partial charge is 0.394 e. The van der Waals surface area contributed by atoms with Crippen LogP contribution in [-0.4, -0.2) is 379 Å². The normalized spacial score (nSPS) is 55.6. The van der Waals surface area contributed by atoms with E-state index in [2.05, 4.69) is 6.92 Å². The van der Waals surface area contributed by atoms with Gasteiger partial charge in [0.05, 0.1) is 64.1 Å². The van der Waals surface area contributed by atoms with E-state index in [1.807, 2.05) is 20.8 Å². The van der Waals surface area contributed by atoms with Crippen LogP contribution in [0.5, 0.6) is 0 Å². The summed E-state index contributed by atoms with van der Waals surface area (Å²) in [6.07, 6.45) is -55.5. The summed E-state index contributed by atoms with van der Waals surface area (Å²) in [4.78, 5) is 14.9. The lowest BCUT2D eigenvalue weighted by Gasteiger charge is -2.60. The maximum Gasteiger partial charge on any atom is 0.187 e. The maximum absolute atomic E-state index is 14.9. The van der Waals surface area contributed by atoms with Crippen molar-refractivity contribution in [1.82, 2.24) is 0 Å². The molecule has 0 spiro atoms. The number of carbonyl (C=O) groups excluding carboxylic acids is 1. The molecule has 37 heteroatoms. The number of ether oxygens (including phenoxy) is 15. The van der Waals surface area contributed by atoms with Gasteiger partial charge in [0.1, 0.15) is 158 Å². The highest BCUT2D eigenvalue weighted by atomic mass is 16.8. The summed E-state index contributed by atoms with van der Waals surface area (Å²) in [6, 6.07) is 0. The molecule has 12 fully saturated rings. The zero-order chi connectivity index (χ0) is 76.1. The highest BCUT2D eigenvalue weighted by Crippen LogP contribution is 2.70. The molecule has 37 nitrogen and oxygen atoms in total. The number of fused-ring (bicyclic) bond motifs is 7. The highest BCUT2D eigenvalue weighted by Gasteiger charge is 2.72. The molecule has 8 aliphatic heterocycles. The molecule has 8 saturated heterocycles. The SMILES string of the molecule is C[C@H](CC[C@@]1(O)OC2CC3C4CC[C@H]5C[C@@H](O[C@@H]6O[C@H](CO)[C@H](O[C@H]7O[C@H](CO)[C@@H](O[C@@H]8O[C@H](CO)[C@@H](O)[C@H](O[C@H]9O[C@H](C)[C@@H](O[C@@H]%10O[C@H](C)[C@@H](O)[C@H](O)[C@@H]%10O)[C@H](O)[C@@H]9O)[C@H]8O[C@H]8OC[C@@H](O)[C@H](O)[C@H]8O)[C@H](O)[C@H]7O)[C@H](O)[C@H]6O)CC[C@]5(C)C4CC(=O)[C@]3(C)C2[C@@H]1C)CO[C@@H]1O[C@H](CO)[C@@H](O)[C@H](O)[C@H]1O. The summed E-state index contributed by atoms with van der Waals surface area (Å²) < 4.78 is 89.5. The standard InChI is InChI=1S/C68H112O37/c1-22(20-91-59-49(85)44(80)41(77)33(16-69)96-59)9-12-68(90)23(2)38-32(105-68)14-30-28-8-7-26-13-27(10-11-66(26,5)29(28)15-37(74)67(30,38)6)95-63-52(88)46(82)55(35(18-71)98-63)101-64-53(89)47(83)56(36(19-72)99-64)102-65-58(104-60-48(84)40(76)31(73)21-92-60)57(42(78)34(17-70)97-65)103-62-51(87)45(81)54(25(4)94-62)100-61-50(86)43(79)39(75)24(3)93-61/h22-36,38-65,69-73,75-90H,7-21H2,1-6H3/t22-,23+,24-,25-,26+,27+,28?,29?,30?,31-,32?,33-,34-,35-,36-,38?,39-,40+,41-,42-,43+,44+,45-,46-,47-,48-,49-,50+,51+,52-,53-,54-,55+,56-,57+,58-,59-,60-,61+,62-,63-,64-,65+,66+,67-,68-/m1/s1. The van der Waals surface area contributed by atoms with Gasteiger partial charge in [-0.1, -0.05) is 27.7 Å². The molecule has 4 aliphatic carbocycles. The van der Waals surface area contributed by atoms with Gasteiger partial charge in [0.25, 0.3) is 0 Å². The molecule has 0 amide bonds. The molecule has 0 aromatic heterocycles. The molecule has 12 rings (SSSR count). The van der Waals surface area contributed by atoms with Gasteiger partial charge in [-0.05, 0) is 93.8 Å². The molecule has 606 valence electrons. The smallest absolute Gasteiger partial charge is 0.187 e. The average Bonchev–Trinajstić information content (AvgIpc) is 1.54. The number of ketones is 1. The maximum atomic E-state index is 14.9. The Kier molecular flexibility index (Phi) is 26.0. The monoisotopic (exact) mass is 1520 g/mol. The Hall–Kier alpha value is -1.77. The lowest BCUT2D eigenvalue weighted by molar-refractivity contribution is -0.408. The summed E-state index contributed by atoms with van der Waals surface area (Å²) in [7, 11) is 0. The van der Waals surface area contributed by atoms with Crippen molar-refractivity contribution < 1.29 is 183 Å². The number of hydrogen-bond acceptors (Lipinski definition) is 37. The summed E-state index contributed by atoms with van der Waals surface area (Å²) in [5, 5.41) is 230. The molecular weight excluding hydrogens is 1410 g/mol. The Balaban J connectivity index is 0.659. The van der Waals surface area contributed by atoms with Crippen LogP contribution in [0.2, 0.25) is 0 Å². The van der Waals surface area contributed by atoms with Crippen molar-refractivity contribution in [1.29, 1.82) is 0 Å². The lowest BCUT2D eigenvalue weighted by atomic mass is 9.44. The van der Waals surface area contributed by atoms with Crippen LogP contribution in [0.25, 0.3) is 0 Å². The average molecular weight is 1520 g/mol. The molecule has 0 aromatic rings. The van der Waals surface area contributed by atoms with Gasteiger partial charge in [-0.2, -0.15) is 0 Å². The predicted molar refractivity (Wildman–Crippen MR) is 341 cm³/mol. The third kappa shape index (κ3) is 15.4. The molecule has 12 aliphatic rings. The van der Waals surface area contributed by atoms with Gasteiger partial charge >= 0.3 is 0 Å². The Bertz CT molecular complexity index is 2840. The lowest BCUT2D eigenvalue weighted by Crippen LogP contribution is -2.69. The number of aliphatic hydroxyl groups excluding tert-OH is 20. The van der Waals surface area contributed by atoms with Crippen molar-refractivity contribution in [2.45, 2.75) is 326 Å². The first-order valence-corrected chi connectivity index (χ1v) is 37.0. The summed E-state index contributed by atoms with van der Waals surface area (Å²) in [6.45, 7) is 6.79. The molecule has 5 unspecified atom stereocenters. The van der Waals surface area contributed by atoms with Crippen molar-refractivity contribution in [2.75, 3.05) is 39.6 Å². The molecular formula is C68H112O37. The van der Waals surface area contributed by atoms with E-state index in [0.29, 0.717) is 38.5 Å². The van der Waals surface area contributed by atoms with Crippen molar-refractivity contribution in [3.8, 4) is 0 Å². The van der Waals surface area contributed by atoms with Crippen LogP contribution in [0, 0.1) is 52.3 Å². The van der Waals surface area contributed by atoms with E-state index in [1.54, 1.807) is 0 Å². The number of hydrogen-bond donors (Lipinski definition) is 21. The highest BCUT2D eigenvalue weighted by molar-refractivity contribution is 5.87. The van der Waals surface area contributed by atoms with E-state index >= 15 is 0 Å². The van der Waals surface area contributed by atoms with Crippen LogP contribution in [0.1, 0.15) is 99.3 Å². The minimum atomic E-state index is -2.19. The Labute approximate surface area is 605 Å². The van der Waals surface area contributed by atoms with E-state index in [4.69, 9.17) is 71.1 Å². The molecule has 0 bridgehead atoms. The molecule has 46 atom stereocenters. The van der Waals surface area contributed by atoms with Gasteiger partial charge in [0, 0.05) is 30.1 Å². The first kappa shape index (κ1) is 82.7. The molecule has 8 heterocycles. The quantitative estimate of drug-likeness (QED) is 0.0448. The number of rotatable bonds is 22. The van der Waals surface area contributed by atoms with Gasteiger partial charge < -0.3 is 178 Å².